The molecule has 0 radical (unpaired) electrons. The van der Waals surface area contributed by atoms with Crippen molar-refractivity contribution >= 4 is 5.91 Å². The number of aromatic nitrogens is 4. The molecule has 24 heavy (non-hydrogen) atoms. The third-order valence-corrected chi connectivity index (χ3v) is 4.46. The van der Waals surface area contributed by atoms with Gasteiger partial charge in [0.1, 0.15) is 11.5 Å². The number of likely N-dealkylation sites (tertiary alicyclic amines) is 1. The van der Waals surface area contributed by atoms with E-state index in [1.807, 2.05) is 24.9 Å². The molecule has 7 heteroatoms. The average molecular weight is 329 g/mol. The van der Waals surface area contributed by atoms with Gasteiger partial charge in [0.2, 0.25) is 0 Å². The standard InChI is InChI=1S/C17H23N5O2/c1-3-9-22-16(23)7-6-15(19-22)17(24)20-10-4-5-14(12-20)21-11-8-18-13(21)2/h6-8,11,14H,3-5,9-10,12H2,1-2H3/t14-/m1/s1. The van der Waals surface area contributed by atoms with Crippen molar-refractivity contribution in [3.63, 3.8) is 0 Å². The normalized spacial score (nSPS) is 17.9. The Morgan fingerprint density at radius 2 is 2.21 bits per heavy atom. The summed E-state index contributed by atoms with van der Waals surface area (Å²) in [5, 5.41) is 4.24. The summed E-state index contributed by atoms with van der Waals surface area (Å²) in [5.74, 6) is 0.853. The fourth-order valence-corrected chi connectivity index (χ4v) is 3.24. The summed E-state index contributed by atoms with van der Waals surface area (Å²) >= 11 is 0. The number of amides is 1. The van der Waals surface area contributed by atoms with Gasteiger partial charge in [0.05, 0.1) is 6.04 Å². The zero-order chi connectivity index (χ0) is 17.1. The molecule has 3 heterocycles. The first kappa shape index (κ1) is 16.4. The van der Waals surface area contributed by atoms with E-state index in [-0.39, 0.29) is 17.5 Å². The number of rotatable bonds is 4. The lowest BCUT2D eigenvalue weighted by Crippen LogP contribution is -2.41. The quantitative estimate of drug-likeness (QED) is 0.855. The number of hydrogen-bond acceptors (Lipinski definition) is 4. The van der Waals surface area contributed by atoms with Gasteiger partial charge in [-0.3, -0.25) is 9.59 Å². The Labute approximate surface area is 140 Å². The predicted octanol–water partition coefficient (Wildman–Crippen LogP) is 1.64. The molecule has 0 aromatic carbocycles. The van der Waals surface area contributed by atoms with Crippen molar-refractivity contribution in [1.82, 2.24) is 24.2 Å². The zero-order valence-corrected chi connectivity index (χ0v) is 14.2. The third kappa shape index (κ3) is 3.25. The lowest BCUT2D eigenvalue weighted by molar-refractivity contribution is 0.0669. The number of piperidine rings is 1. The molecule has 2 aromatic rings. The lowest BCUT2D eigenvalue weighted by Gasteiger charge is -2.33. The summed E-state index contributed by atoms with van der Waals surface area (Å²) in [7, 11) is 0. The largest absolute Gasteiger partial charge is 0.335 e. The maximum atomic E-state index is 12.8. The number of carbonyl (C=O) groups excluding carboxylic acids is 1. The summed E-state index contributed by atoms with van der Waals surface area (Å²) < 4.78 is 3.50. The van der Waals surface area contributed by atoms with Gasteiger partial charge in [-0.1, -0.05) is 6.92 Å². The van der Waals surface area contributed by atoms with Crippen LogP contribution in [0.15, 0.2) is 29.3 Å². The lowest BCUT2D eigenvalue weighted by atomic mass is 10.0. The van der Waals surface area contributed by atoms with Crippen LogP contribution in [0.2, 0.25) is 0 Å². The molecule has 1 amide bonds. The molecular weight excluding hydrogens is 306 g/mol. The summed E-state index contributed by atoms with van der Waals surface area (Å²) in [6, 6.07) is 3.20. The highest BCUT2D eigenvalue weighted by Gasteiger charge is 2.27. The molecular formula is C17H23N5O2. The van der Waals surface area contributed by atoms with Crippen molar-refractivity contribution in [3.05, 3.63) is 46.4 Å². The maximum Gasteiger partial charge on any atom is 0.274 e. The Morgan fingerprint density at radius 3 is 2.92 bits per heavy atom. The van der Waals surface area contributed by atoms with E-state index < -0.39 is 0 Å². The fourth-order valence-electron chi connectivity index (χ4n) is 3.24. The van der Waals surface area contributed by atoms with E-state index in [0.29, 0.717) is 18.8 Å². The van der Waals surface area contributed by atoms with E-state index >= 15 is 0 Å². The van der Waals surface area contributed by atoms with Gasteiger partial charge in [-0.05, 0) is 32.3 Å². The number of aryl methyl sites for hydroxylation is 2. The number of nitrogens with zero attached hydrogens (tertiary/aromatic N) is 5. The molecule has 0 unspecified atom stereocenters. The van der Waals surface area contributed by atoms with Crippen LogP contribution in [0.25, 0.3) is 0 Å². The van der Waals surface area contributed by atoms with Gasteiger partial charge in [-0.25, -0.2) is 9.67 Å². The van der Waals surface area contributed by atoms with Crippen molar-refractivity contribution in [1.29, 1.82) is 0 Å². The van der Waals surface area contributed by atoms with E-state index in [1.54, 1.807) is 6.20 Å². The van der Waals surface area contributed by atoms with Crippen molar-refractivity contribution in [3.8, 4) is 0 Å². The molecule has 7 nitrogen and oxygen atoms in total. The highest BCUT2D eigenvalue weighted by Crippen LogP contribution is 2.23. The third-order valence-electron chi connectivity index (χ3n) is 4.46. The molecule has 1 aliphatic heterocycles. The molecule has 3 rings (SSSR count). The number of carbonyl (C=O) groups is 1. The van der Waals surface area contributed by atoms with Crippen LogP contribution in [0.5, 0.6) is 0 Å². The Kier molecular flexibility index (Phi) is 4.78. The van der Waals surface area contributed by atoms with Crippen LogP contribution in [0.3, 0.4) is 0 Å². The highest BCUT2D eigenvalue weighted by atomic mass is 16.2. The molecule has 0 spiro atoms. The summed E-state index contributed by atoms with van der Waals surface area (Å²) in [4.78, 5) is 30.7. The molecule has 0 aliphatic carbocycles. The van der Waals surface area contributed by atoms with Crippen LogP contribution in [-0.2, 0) is 6.54 Å². The number of hydrogen-bond donors (Lipinski definition) is 0. The van der Waals surface area contributed by atoms with Crippen molar-refractivity contribution in [2.75, 3.05) is 13.1 Å². The summed E-state index contributed by atoms with van der Waals surface area (Å²) in [6.45, 7) is 5.84. The second-order valence-electron chi connectivity index (χ2n) is 6.21. The first-order valence-electron chi connectivity index (χ1n) is 8.47. The molecule has 0 N–H and O–H groups in total. The Bertz CT molecular complexity index is 779. The van der Waals surface area contributed by atoms with E-state index in [9.17, 15) is 9.59 Å². The highest BCUT2D eigenvalue weighted by molar-refractivity contribution is 5.92. The maximum absolute atomic E-state index is 12.8. The van der Waals surface area contributed by atoms with Crippen molar-refractivity contribution in [2.24, 2.45) is 0 Å². The van der Waals surface area contributed by atoms with Crippen LogP contribution < -0.4 is 5.56 Å². The second-order valence-corrected chi connectivity index (χ2v) is 6.21. The van der Waals surface area contributed by atoms with Crippen LogP contribution in [0.1, 0.15) is 48.5 Å². The first-order valence-corrected chi connectivity index (χ1v) is 8.47. The summed E-state index contributed by atoms with van der Waals surface area (Å²) in [6.07, 6.45) is 6.54. The van der Waals surface area contributed by atoms with E-state index in [1.165, 1.54) is 16.8 Å². The van der Waals surface area contributed by atoms with Crippen LogP contribution in [0, 0.1) is 6.92 Å². The van der Waals surface area contributed by atoms with Gasteiger partial charge in [-0.15, -0.1) is 0 Å². The van der Waals surface area contributed by atoms with Gasteiger partial charge in [0.15, 0.2) is 0 Å². The molecule has 1 aliphatic rings. The molecule has 0 bridgehead atoms. The van der Waals surface area contributed by atoms with E-state index in [0.717, 1.165) is 31.6 Å². The van der Waals surface area contributed by atoms with Crippen LogP contribution in [-0.4, -0.2) is 43.2 Å². The van der Waals surface area contributed by atoms with Crippen molar-refractivity contribution in [2.45, 2.75) is 45.7 Å². The topological polar surface area (TPSA) is 73.0 Å². The average Bonchev–Trinajstić information content (AvgIpc) is 3.02. The van der Waals surface area contributed by atoms with Crippen LogP contribution in [0.4, 0.5) is 0 Å². The molecule has 1 saturated heterocycles. The Morgan fingerprint density at radius 1 is 1.38 bits per heavy atom. The van der Waals surface area contributed by atoms with Gasteiger partial charge in [0, 0.05) is 38.1 Å². The molecule has 128 valence electrons. The summed E-state index contributed by atoms with van der Waals surface area (Å²) in [5.41, 5.74) is 0.171. The van der Waals surface area contributed by atoms with Crippen molar-refractivity contribution < 1.29 is 4.79 Å². The fraction of sp³-hybridized carbons (Fsp3) is 0.529. The van der Waals surface area contributed by atoms with Gasteiger partial charge in [-0.2, -0.15) is 5.10 Å². The van der Waals surface area contributed by atoms with Crippen LogP contribution >= 0.6 is 0 Å². The van der Waals surface area contributed by atoms with Gasteiger partial charge >= 0.3 is 0 Å². The minimum absolute atomic E-state index is 0.109. The monoisotopic (exact) mass is 329 g/mol. The zero-order valence-electron chi connectivity index (χ0n) is 14.2. The smallest absolute Gasteiger partial charge is 0.274 e. The molecule has 1 fully saturated rings. The van der Waals surface area contributed by atoms with E-state index in [2.05, 4.69) is 14.6 Å². The van der Waals surface area contributed by atoms with Gasteiger partial charge in [0.25, 0.3) is 11.5 Å². The first-order chi connectivity index (χ1) is 11.6. The Hall–Kier alpha value is -2.44. The van der Waals surface area contributed by atoms with E-state index in [4.69, 9.17) is 0 Å². The minimum atomic E-state index is -0.168. The Balaban J connectivity index is 1.78. The number of imidazole rings is 1. The SMILES string of the molecule is CCCn1nc(C(=O)N2CCC[C@@H](n3ccnc3C)C2)ccc1=O. The molecule has 2 aromatic heterocycles. The molecule has 1 atom stereocenters. The predicted molar refractivity (Wildman–Crippen MR) is 89.9 cm³/mol. The van der Waals surface area contributed by atoms with Gasteiger partial charge < -0.3 is 9.47 Å². The minimum Gasteiger partial charge on any atom is -0.335 e. The molecule has 0 saturated carbocycles. The second kappa shape index (κ2) is 6.98.